The summed E-state index contributed by atoms with van der Waals surface area (Å²) < 4.78 is 13.6. The largest absolute Gasteiger partial charge is 0.371 e. The molecule has 1 saturated heterocycles. The Morgan fingerprint density at radius 1 is 1.00 bits per heavy atom. The quantitative estimate of drug-likeness (QED) is 0.925. The first-order chi connectivity index (χ1) is 9.75. The molecule has 0 spiro atoms. The maximum Gasteiger partial charge on any atom is 0.125 e. The second-order valence-corrected chi connectivity index (χ2v) is 5.29. The van der Waals surface area contributed by atoms with Crippen molar-refractivity contribution in [2.75, 3.05) is 18.0 Å². The minimum absolute atomic E-state index is 0.198. The fourth-order valence-electron chi connectivity index (χ4n) is 2.85. The molecule has 2 N–H and O–H groups in total. The zero-order chi connectivity index (χ0) is 13.9. The van der Waals surface area contributed by atoms with E-state index in [4.69, 9.17) is 5.73 Å². The highest BCUT2D eigenvalue weighted by Gasteiger charge is 2.20. The Morgan fingerprint density at radius 2 is 1.70 bits per heavy atom. The van der Waals surface area contributed by atoms with Gasteiger partial charge in [0.05, 0.1) is 6.04 Å². The Labute approximate surface area is 119 Å². The van der Waals surface area contributed by atoms with Crippen LogP contribution in [-0.4, -0.2) is 13.1 Å². The summed E-state index contributed by atoms with van der Waals surface area (Å²) in [5.41, 5.74) is 9.38. The molecule has 0 saturated carbocycles. The van der Waals surface area contributed by atoms with Crippen molar-refractivity contribution in [3.63, 3.8) is 0 Å². The summed E-state index contributed by atoms with van der Waals surface area (Å²) in [6.07, 6.45) is 2.33. The van der Waals surface area contributed by atoms with Crippen molar-refractivity contribution in [2.24, 2.45) is 5.73 Å². The Hall–Kier alpha value is -1.87. The molecule has 1 aliphatic rings. The van der Waals surface area contributed by atoms with Gasteiger partial charge in [0, 0.05) is 18.8 Å². The van der Waals surface area contributed by atoms with Gasteiger partial charge in [0.1, 0.15) is 5.82 Å². The number of benzene rings is 2. The maximum absolute atomic E-state index is 13.6. The molecular weight excluding hydrogens is 251 g/mol. The van der Waals surface area contributed by atoms with Crippen LogP contribution in [0.2, 0.25) is 0 Å². The first kappa shape index (κ1) is 13.1. The predicted molar refractivity (Wildman–Crippen MR) is 80.3 cm³/mol. The van der Waals surface area contributed by atoms with E-state index in [1.54, 1.807) is 6.07 Å². The molecule has 0 amide bonds. The summed E-state index contributed by atoms with van der Waals surface area (Å²) >= 11 is 0. The molecule has 0 aliphatic carbocycles. The van der Waals surface area contributed by atoms with Gasteiger partial charge in [-0.2, -0.15) is 0 Å². The van der Waals surface area contributed by atoms with E-state index in [9.17, 15) is 4.39 Å². The first-order valence-corrected chi connectivity index (χ1v) is 7.10. The summed E-state index contributed by atoms with van der Waals surface area (Å²) in [6, 6.07) is 14.7. The van der Waals surface area contributed by atoms with E-state index in [2.05, 4.69) is 4.90 Å². The summed E-state index contributed by atoms with van der Waals surface area (Å²) in [6.45, 7) is 1.97. The molecule has 3 rings (SSSR count). The van der Waals surface area contributed by atoms with Crippen LogP contribution in [0.4, 0.5) is 10.1 Å². The second kappa shape index (κ2) is 5.63. The van der Waals surface area contributed by atoms with Gasteiger partial charge in [-0.05, 0) is 36.1 Å². The van der Waals surface area contributed by atoms with Crippen LogP contribution in [-0.2, 0) is 0 Å². The van der Waals surface area contributed by atoms with Gasteiger partial charge in [-0.15, -0.1) is 0 Å². The van der Waals surface area contributed by atoms with E-state index in [-0.39, 0.29) is 11.9 Å². The zero-order valence-corrected chi connectivity index (χ0v) is 11.4. The Balaban J connectivity index is 2.00. The van der Waals surface area contributed by atoms with Crippen LogP contribution in [0, 0.1) is 5.82 Å². The highest BCUT2D eigenvalue weighted by molar-refractivity contribution is 5.57. The van der Waals surface area contributed by atoms with Crippen LogP contribution in [0.25, 0.3) is 0 Å². The average molecular weight is 270 g/mol. The molecular formula is C17H19FN2. The van der Waals surface area contributed by atoms with Crippen molar-refractivity contribution in [1.29, 1.82) is 0 Å². The zero-order valence-electron chi connectivity index (χ0n) is 11.4. The molecule has 0 radical (unpaired) electrons. The highest BCUT2D eigenvalue weighted by Crippen LogP contribution is 2.32. The number of nitrogens with zero attached hydrogens (tertiary/aromatic N) is 1. The molecule has 20 heavy (non-hydrogen) atoms. The van der Waals surface area contributed by atoms with Crippen LogP contribution in [0.1, 0.15) is 30.0 Å². The van der Waals surface area contributed by atoms with E-state index < -0.39 is 0 Å². The van der Waals surface area contributed by atoms with Gasteiger partial charge in [0.2, 0.25) is 0 Å². The summed E-state index contributed by atoms with van der Waals surface area (Å²) in [5.74, 6) is -0.198. The van der Waals surface area contributed by atoms with Gasteiger partial charge in [0.25, 0.3) is 0 Å². The van der Waals surface area contributed by atoms with Crippen molar-refractivity contribution in [1.82, 2.24) is 0 Å². The normalized spacial score (nSPS) is 16.4. The SMILES string of the molecule is NC(c1ccccc1)c1ccc(F)cc1N1CCCC1. The lowest BCUT2D eigenvalue weighted by Crippen LogP contribution is -2.22. The molecule has 1 fully saturated rings. The number of nitrogens with two attached hydrogens (primary N) is 1. The average Bonchev–Trinajstić information content (AvgIpc) is 3.01. The molecule has 1 heterocycles. The molecule has 104 valence electrons. The third-order valence-electron chi connectivity index (χ3n) is 3.93. The first-order valence-electron chi connectivity index (χ1n) is 7.10. The van der Waals surface area contributed by atoms with Crippen molar-refractivity contribution in [3.8, 4) is 0 Å². The standard InChI is InChI=1S/C17H19FN2/c18-14-8-9-15(16(12-14)20-10-4-5-11-20)17(19)13-6-2-1-3-7-13/h1-3,6-9,12,17H,4-5,10-11,19H2. The lowest BCUT2D eigenvalue weighted by molar-refractivity contribution is 0.625. The predicted octanol–water partition coefficient (Wildman–Crippen LogP) is 3.47. The third kappa shape index (κ3) is 2.54. The smallest absolute Gasteiger partial charge is 0.125 e. The van der Waals surface area contributed by atoms with Gasteiger partial charge in [-0.25, -0.2) is 4.39 Å². The van der Waals surface area contributed by atoms with Gasteiger partial charge >= 0.3 is 0 Å². The highest BCUT2D eigenvalue weighted by atomic mass is 19.1. The number of hydrogen-bond acceptors (Lipinski definition) is 2. The van der Waals surface area contributed by atoms with Gasteiger partial charge in [0.15, 0.2) is 0 Å². The fourth-order valence-corrected chi connectivity index (χ4v) is 2.85. The number of rotatable bonds is 3. The van der Waals surface area contributed by atoms with Crippen LogP contribution >= 0.6 is 0 Å². The maximum atomic E-state index is 13.6. The van der Waals surface area contributed by atoms with Crippen molar-refractivity contribution >= 4 is 5.69 Å². The Morgan fingerprint density at radius 3 is 2.40 bits per heavy atom. The molecule has 1 aliphatic heterocycles. The molecule has 1 unspecified atom stereocenters. The van der Waals surface area contributed by atoms with E-state index in [0.29, 0.717) is 0 Å². The van der Waals surface area contributed by atoms with Crippen LogP contribution in [0.15, 0.2) is 48.5 Å². The van der Waals surface area contributed by atoms with E-state index in [0.717, 1.165) is 42.7 Å². The molecule has 2 nitrogen and oxygen atoms in total. The molecule has 3 heteroatoms. The number of hydrogen-bond donors (Lipinski definition) is 1. The number of halogens is 1. The van der Waals surface area contributed by atoms with Crippen LogP contribution < -0.4 is 10.6 Å². The minimum Gasteiger partial charge on any atom is -0.371 e. The van der Waals surface area contributed by atoms with Crippen LogP contribution in [0.5, 0.6) is 0 Å². The summed E-state index contributed by atoms with van der Waals surface area (Å²) in [7, 11) is 0. The number of anilines is 1. The van der Waals surface area contributed by atoms with E-state index in [1.165, 1.54) is 6.07 Å². The molecule has 2 aromatic carbocycles. The Bertz CT molecular complexity index is 577. The van der Waals surface area contributed by atoms with Gasteiger partial charge < -0.3 is 10.6 Å². The second-order valence-electron chi connectivity index (χ2n) is 5.29. The molecule has 0 bridgehead atoms. The topological polar surface area (TPSA) is 29.3 Å². The molecule has 0 aromatic heterocycles. The van der Waals surface area contributed by atoms with E-state index in [1.807, 2.05) is 36.4 Å². The lowest BCUT2D eigenvalue weighted by atomic mass is 9.97. The summed E-state index contributed by atoms with van der Waals surface area (Å²) in [4.78, 5) is 2.24. The monoisotopic (exact) mass is 270 g/mol. The van der Waals surface area contributed by atoms with Gasteiger partial charge in [-0.1, -0.05) is 36.4 Å². The molecule has 2 aromatic rings. The third-order valence-corrected chi connectivity index (χ3v) is 3.93. The van der Waals surface area contributed by atoms with E-state index >= 15 is 0 Å². The van der Waals surface area contributed by atoms with Crippen molar-refractivity contribution in [2.45, 2.75) is 18.9 Å². The van der Waals surface area contributed by atoms with Gasteiger partial charge in [-0.3, -0.25) is 0 Å². The molecule has 1 atom stereocenters. The lowest BCUT2D eigenvalue weighted by Gasteiger charge is -2.24. The minimum atomic E-state index is -0.215. The Kier molecular flexibility index (Phi) is 3.70. The van der Waals surface area contributed by atoms with Crippen molar-refractivity contribution < 1.29 is 4.39 Å². The fraction of sp³-hybridized carbons (Fsp3) is 0.294. The summed E-state index contributed by atoms with van der Waals surface area (Å²) in [5, 5.41) is 0. The van der Waals surface area contributed by atoms with Crippen molar-refractivity contribution in [3.05, 3.63) is 65.5 Å². The van der Waals surface area contributed by atoms with Crippen LogP contribution in [0.3, 0.4) is 0 Å².